The highest BCUT2D eigenvalue weighted by molar-refractivity contribution is 5.94. The van der Waals surface area contributed by atoms with Crippen LogP contribution in [-0.4, -0.2) is 23.9 Å². The summed E-state index contributed by atoms with van der Waals surface area (Å²) in [4.78, 5) is 28.6. The van der Waals surface area contributed by atoms with E-state index < -0.39 is 0 Å². The highest BCUT2D eigenvalue weighted by atomic mass is 16.5. The number of nitrogens with zero attached hydrogens (tertiary/aromatic N) is 1. The third kappa shape index (κ3) is 5.65. The fourth-order valence-electron chi connectivity index (χ4n) is 2.94. The number of carbonyl (C=O) groups is 2. The lowest BCUT2D eigenvalue weighted by Crippen LogP contribution is -2.24. The van der Waals surface area contributed by atoms with Crippen LogP contribution in [0.1, 0.15) is 27.9 Å². The Hall–Kier alpha value is -3.67. The van der Waals surface area contributed by atoms with Gasteiger partial charge in [0.1, 0.15) is 5.75 Å². The van der Waals surface area contributed by atoms with Gasteiger partial charge < -0.3 is 15.4 Å². The molecular formula is C23H23N3O3. The fraction of sp³-hybridized carbons (Fsp3) is 0.174. The van der Waals surface area contributed by atoms with Crippen molar-refractivity contribution in [2.45, 2.75) is 19.4 Å². The average molecular weight is 389 g/mol. The van der Waals surface area contributed by atoms with Gasteiger partial charge in [-0.25, -0.2) is 0 Å². The number of benzene rings is 2. The summed E-state index contributed by atoms with van der Waals surface area (Å²) in [5.41, 5.74) is 2.99. The Morgan fingerprint density at radius 1 is 0.966 bits per heavy atom. The first-order valence-electron chi connectivity index (χ1n) is 9.35. The predicted octanol–water partition coefficient (Wildman–Crippen LogP) is 3.59. The Morgan fingerprint density at radius 3 is 2.48 bits per heavy atom. The van der Waals surface area contributed by atoms with Crippen LogP contribution in [0.3, 0.4) is 0 Å². The molecule has 29 heavy (non-hydrogen) atoms. The van der Waals surface area contributed by atoms with Crippen LogP contribution in [-0.2, 0) is 17.8 Å². The number of aryl methyl sites for hydroxylation is 1. The monoisotopic (exact) mass is 389 g/mol. The number of anilines is 1. The maximum atomic E-state index is 12.4. The molecule has 2 N–H and O–H groups in total. The predicted molar refractivity (Wildman–Crippen MR) is 112 cm³/mol. The van der Waals surface area contributed by atoms with Crippen molar-refractivity contribution in [3.63, 3.8) is 0 Å². The molecule has 3 rings (SSSR count). The quantitative estimate of drug-likeness (QED) is 0.617. The third-order valence-corrected chi connectivity index (χ3v) is 4.47. The Balaban J connectivity index is 1.58. The minimum atomic E-state index is -0.213. The van der Waals surface area contributed by atoms with Gasteiger partial charge in [-0.05, 0) is 41.8 Å². The Labute approximate surface area is 169 Å². The van der Waals surface area contributed by atoms with Crippen molar-refractivity contribution in [3.8, 4) is 5.75 Å². The number of nitrogens with one attached hydrogen (secondary N) is 2. The molecule has 3 aromatic rings. The van der Waals surface area contributed by atoms with E-state index in [0.717, 1.165) is 16.9 Å². The molecule has 0 saturated carbocycles. The summed E-state index contributed by atoms with van der Waals surface area (Å²) in [6.07, 6.45) is 4.04. The third-order valence-electron chi connectivity index (χ3n) is 4.47. The molecule has 2 amide bonds. The van der Waals surface area contributed by atoms with E-state index in [4.69, 9.17) is 4.74 Å². The number of pyridine rings is 1. The molecule has 148 valence electrons. The summed E-state index contributed by atoms with van der Waals surface area (Å²) >= 11 is 0. The Morgan fingerprint density at radius 2 is 1.72 bits per heavy atom. The van der Waals surface area contributed by atoms with E-state index in [9.17, 15) is 9.59 Å². The van der Waals surface area contributed by atoms with Crippen molar-refractivity contribution in [3.05, 3.63) is 89.7 Å². The number of hydrogen-bond acceptors (Lipinski definition) is 4. The lowest BCUT2D eigenvalue weighted by Gasteiger charge is -2.13. The van der Waals surface area contributed by atoms with Gasteiger partial charge in [-0.15, -0.1) is 0 Å². The summed E-state index contributed by atoms with van der Waals surface area (Å²) < 4.78 is 5.33. The summed E-state index contributed by atoms with van der Waals surface area (Å²) in [6, 6.07) is 18.5. The van der Waals surface area contributed by atoms with Crippen LogP contribution in [0.5, 0.6) is 5.75 Å². The van der Waals surface area contributed by atoms with Crippen molar-refractivity contribution < 1.29 is 14.3 Å². The molecule has 6 nitrogen and oxygen atoms in total. The van der Waals surface area contributed by atoms with Crippen molar-refractivity contribution in [2.24, 2.45) is 0 Å². The lowest BCUT2D eigenvalue weighted by molar-refractivity contribution is -0.116. The van der Waals surface area contributed by atoms with Gasteiger partial charge in [0.25, 0.3) is 5.91 Å². The van der Waals surface area contributed by atoms with Gasteiger partial charge in [0.2, 0.25) is 5.91 Å². The average Bonchev–Trinajstić information content (AvgIpc) is 2.77. The highest BCUT2D eigenvalue weighted by Crippen LogP contribution is 2.20. The minimum Gasteiger partial charge on any atom is -0.496 e. The van der Waals surface area contributed by atoms with Crippen molar-refractivity contribution in [2.75, 3.05) is 12.4 Å². The number of carbonyl (C=O) groups excluding carboxylic acids is 2. The molecule has 1 aromatic heterocycles. The first kappa shape index (κ1) is 20.1. The van der Waals surface area contributed by atoms with E-state index in [-0.39, 0.29) is 11.8 Å². The largest absolute Gasteiger partial charge is 0.496 e. The second-order valence-corrected chi connectivity index (χ2v) is 6.44. The zero-order chi connectivity index (χ0) is 20.5. The minimum absolute atomic E-state index is 0.0954. The standard InChI is InChI=1S/C23H23N3O3/c1-29-21-11-5-3-7-17(21)12-13-22(27)26-20-10-4-2-8-18(20)16-25-23(28)19-9-6-14-24-15-19/h2-11,14-15H,12-13,16H2,1H3,(H,25,28)(H,26,27). The summed E-state index contributed by atoms with van der Waals surface area (Å²) in [7, 11) is 1.62. The molecule has 0 bridgehead atoms. The number of rotatable bonds is 8. The first-order chi connectivity index (χ1) is 14.2. The van der Waals surface area contributed by atoms with Crippen molar-refractivity contribution in [1.82, 2.24) is 10.3 Å². The molecule has 0 saturated heterocycles. The van der Waals surface area contributed by atoms with Crippen molar-refractivity contribution >= 4 is 17.5 Å². The van der Waals surface area contributed by atoms with Crippen LogP contribution in [0.15, 0.2) is 73.1 Å². The number of para-hydroxylation sites is 2. The number of amides is 2. The molecule has 0 atom stereocenters. The van der Waals surface area contributed by atoms with E-state index in [1.165, 1.54) is 6.20 Å². The number of hydrogen-bond donors (Lipinski definition) is 2. The molecule has 2 aromatic carbocycles. The molecule has 0 aliphatic rings. The number of aromatic nitrogens is 1. The molecule has 0 aliphatic carbocycles. The number of methoxy groups -OCH3 is 1. The smallest absolute Gasteiger partial charge is 0.253 e. The van der Waals surface area contributed by atoms with Crippen LogP contribution < -0.4 is 15.4 Å². The molecule has 0 radical (unpaired) electrons. The lowest BCUT2D eigenvalue weighted by atomic mass is 10.1. The van der Waals surface area contributed by atoms with Crippen molar-refractivity contribution in [1.29, 1.82) is 0 Å². The van der Waals surface area contributed by atoms with Crippen LogP contribution in [0.2, 0.25) is 0 Å². The SMILES string of the molecule is COc1ccccc1CCC(=O)Nc1ccccc1CNC(=O)c1cccnc1. The molecular weight excluding hydrogens is 366 g/mol. The van der Waals surface area contributed by atoms with Gasteiger partial charge in [0, 0.05) is 31.0 Å². The molecule has 0 aliphatic heterocycles. The van der Waals surface area contributed by atoms with E-state index in [2.05, 4.69) is 15.6 Å². The highest BCUT2D eigenvalue weighted by Gasteiger charge is 2.10. The molecule has 0 fully saturated rings. The normalized spacial score (nSPS) is 10.2. The summed E-state index contributed by atoms with van der Waals surface area (Å²) in [5.74, 6) is 0.469. The Kier molecular flexibility index (Phi) is 6.95. The van der Waals surface area contributed by atoms with E-state index in [0.29, 0.717) is 30.6 Å². The maximum absolute atomic E-state index is 12.4. The molecule has 1 heterocycles. The Bertz CT molecular complexity index is 974. The summed E-state index contributed by atoms with van der Waals surface area (Å²) in [5, 5.41) is 5.79. The molecule has 0 spiro atoms. The van der Waals surface area contributed by atoms with Crippen LogP contribution in [0.25, 0.3) is 0 Å². The van der Waals surface area contributed by atoms with Gasteiger partial charge in [0.05, 0.1) is 12.7 Å². The second-order valence-electron chi connectivity index (χ2n) is 6.44. The van der Waals surface area contributed by atoms with E-state index in [1.54, 1.807) is 25.4 Å². The maximum Gasteiger partial charge on any atom is 0.253 e. The molecule has 6 heteroatoms. The second kappa shape index (κ2) is 10.0. The van der Waals surface area contributed by atoms with Gasteiger partial charge in [0.15, 0.2) is 0 Å². The first-order valence-corrected chi connectivity index (χ1v) is 9.35. The number of ether oxygens (including phenoxy) is 1. The van der Waals surface area contributed by atoms with Gasteiger partial charge in [-0.2, -0.15) is 0 Å². The van der Waals surface area contributed by atoms with Crippen LogP contribution in [0, 0.1) is 0 Å². The van der Waals surface area contributed by atoms with Gasteiger partial charge in [-0.3, -0.25) is 14.6 Å². The van der Waals surface area contributed by atoms with Gasteiger partial charge in [-0.1, -0.05) is 36.4 Å². The zero-order valence-corrected chi connectivity index (χ0v) is 16.2. The fourth-order valence-corrected chi connectivity index (χ4v) is 2.94. The topological polar surface area (TPSA) is 80.3 Å². The zero-order valence-electron chi connectivity index (χ0n) is 16.2. The van der Waals surface area contributed by atoms with E-state index in [1.807, 2.05) is 48.5 Å². The van der Waals surface area contributed by atoms with Crippen LogP contribution >= 0.6 is 0 Å². The molecule has 0 unspecified atom stereocenters. The van der Waals surface area contributed by atoms with Crippen LogP contribution in [0.4, 0.5) is 5.69 Å². The van der Waals surface area contributed by atoms with E-state index >= 15 is 0 Å². The summed E-state index contributed by atoms with van der Waals surface area (Å²) in [6.45, 7) is 0.302. The van der Waals surface area contributed by atoms with Gasteiger partial charge >= 0.3 is 0 Å².